The first-order valence-electron chi connectivity index (χ1n) is 11.4. The summed E-state index contributed by atoms with van der Waals surface area (Å²) in [6, 6.07) is 21.1. The zero-order valence-electron chi connectivity index (χ0n) is 19.8. The lowest BCUT2D eigenvalue weighted by atomic mass is 9.97. The van der Waals surface area contributed by atoms with Crippen molar-refractivity contribution in [1.82, 2.24) is 9.88 Å². The number of carboxylic acid groups (broad SMARTS) is 1. The largest absolute Gasteiger partial charge is 0.494 e. The van der Waals surface area contributed by atoms with Crippen molar-refractivity contribution in [1.29, 1.82) is 0 Å². The van der Waals surface area contributed by atoms with E-state index in [-0.39, 0.29) is 12.3 Å². The van der Waals surface area contributed by atoms with Gasteiger partial charge in [-0.3, -0.25) is 4.79 Å². The van der Waals surface area contributed by atoms with Crippen molar-refractivity contribution in [2.75, 3.05) is 20.6 Å². The number of rotatable bonds is 9. The van der Waals surface area contributed by atoms with E-state index >= 15 is 0 Å². The Morgan fingerprint density at radius 3 is 2.49 bits per heavy atom. The summed E-state index contributed by atoms with van der Waals surface area (Å²) in [6.45, 7) is 0.961. The van der Waals surface area contributed by atoms with Crippen molar-refractivity contribution in [3.05, 3.63) is 94.0 Å². The number of aryl methyl sites for hydroxylation is 1. The highest BCUT2D eigenvalue weighted by Crippen LogP contribution is 2.33. The Balaban J connectivity index is 1.80. The van der Waals surface area contributed by atoms with Crippen LogP contribution in [-0.4, -0.2) is 52.4 Å². The van der Waals surface area contributed by atoms with E-state index in [1.807, 2.05) is 42.5 Å². The van der Waals surface area contributed by atoms with Crippen molar-refractivity contribution in [2.24, 2.45) is 4.99 Å². The maximum atomic E-state index is 11.1. The van der Waals surface area contributed by atoms with E-state index < -0.39 is 5.97 Å². The van der Waals surface area contributed by atoms with Crippen LogP contribution in [-0.2, 0) is 17.6 Å². The van der Waals surface area contributed by atoms with Gasteiger partial charge in [0.05, 0.1) is 22.5 Å². The summed E-state index contributed by atoms with van der Waals surface area (Å²) in [7, 11) is 4.10. The highest BCUT2D eigenvalue weighted by Gasteiger charge is 2.19. The molecule has 1 heterocycles. The van der Waals surface area contributed by atoms with E-state index in [1.165, 1.54) is 5.56 Å². The fourth-order valence-electron chi connectivity index (χ4n) is 4.00. The van der Waals surface area contributed by atoms with E-state index in [0.717, 1.165) is 35.2 Å². The molecule has 0 spiro atoms. The Labute approximate surface area is 209 Å². The number of aliphatic carboxylic acids is 1. The molecule has 0 radical (unpaired) electrons. The molecule has 4 aromatic rings. The summed E-state index contributed by atoms with van der Waals surface area (Å²) in [5.41, 5.74) is 5.53. The monoisotopic (exact) mass is 489 g/mol. The minimum atomic E-state index is -0.843. The van der Waals surface area contributed by atoms with Gasteiger partial charge in [-0.25, -0.2) is 4.99 Å². The molecule has 0 atom stereocenters. The number of hydrogen-bond acceptors (Lipinski definition) is 4. The second-order valence-corrected chi connectivity index (χ2v) is 9.25. The molecule has 0 bridgehead atoms. The molecular weight excluding hydrogens is 462 g/mol. The molecule has 4 rings (SSSR count). The number of hydrogen-bond donors (Lipinski definition) is 3. The molecule has 7 heteroatoms. The molecule has 0 aliphatic heterocycles. The van der Waals surface area contributed by atoms with Crippen LogP contribution in [0.3, 0.4) is 0 Å². The van der Waals surface area contributed by atoms with E-state index in [0.29, 0.717) is 28.2 Å². The van der Waals surface area contributed by atoms with Gasteiger partial charge < -0.3 is 20.1 Å². The molecule has 0 amide bonds. The summed E-state index contributed by atoms with van der Waals surface area (Å²) >= 11 is 6.16. The van der Waals surface area contributed by atoms with Crippen LogP contribution in [0, 0.1) is 0 Å². The maximum Gasteiger partial charge on any atom is 0.303 e. The van der Waals surface area contributed by atoms with Crippen LogP contribution in [0.25, 0.3) is 10.9 Å². The third kappa shape index (κ3) is 6.10. The molecule has 0 fully saturated rings. The van der Waals surface area contributed by atoms with Gasteiger partial charge in [0.1, 0.15) is 0 Å². The first-order valence-corrected chi connectivity index (χ1v) is 11.8. The van der Waals surface area contributed by atoms with Crippen molar-refractivity contribution in [2.45, 2.75) is 19.3 Å². The Hall–Kier alpha value is -3.61. The predicted molar refractivity (Wildman–Crippen MR) is 141 cm³/mol. The molecule has 0 saturated carbocycles. The molecule has 3 aromatic carbocycles. The second kappa shape index (κ2) is 10.8. The van der Waals surface area contributed by atoms with Crippen molar-refractivity contribution in [3.8, 4) is 5.88 Å². The molecule has 0 saturated heterocycles. The van der Waals surface area contributed by atoms with Crippen LogP contribution in [0.5, 0.6) is 5.88 Å². The second-order valence-electron chi connectivity index (χ2n) is 8.81. The summed E-state index contributed by atoms with van der Waals surface area (Å²) in [5, 5.41) is 21.3. The van der Waals surface area contributed by atoms with Gasteiger partial charge in [0, 0.05) is 28.9 Å². The highest BCUT2D eigenvalue weighted by molar-refractivity contribution is 6.31. The molecular formula is C28H28ClN3O3. The molecule has 0 aliphatic rings. The quantitative estimate of drug-likeness (QED) is 0.258. The summed E-state index contributed by atoms with van der Waals surface area (Å²) in [4.78, 5) is 21.2. The van der Waals surface area contributed by atoms with Gasteiger partial charge in [0.2, 0.25) is 0 Å². The van der Waals surface area contributed by atoms with Gasteiger partial charge >= 0.3 is 5.97 Å². The van der Waals surface area contributed by atoms with Crippen molar-refractivity contribution >= 4 is 39.9 Å². The van der Waals surface area contributed by atoms with Crippen molar-refractivity contribution in [3.63, 3.8) is 0 Å². The number of carboxylic acids is 1. The molecule has 35 heavy (non-hydrogen) atoms. The van der Waals surface area contributed by atoms with E-state index in [2.05, 4.69) is 36.1 Å². The predicted octanol–water partition coefficient (Wildman–Crippen LogP) is 5.82. The fourth-order valence-corrected chi connectivity index (χ4v) is 4.18. The third-order valence-corrected chi connectivity index (χ3v) is 6.07. The van der Waals surface area contributed by atoms with Gasteiger partial charge in [0.15, 0.2) is 5.88 Å². The van der Waals surface area contributed by atoms with Gasteiger partial charge in [0.25, 0.3) is 0 Å². The molecule has 3 N–H and O–H groups in total. The fraction of sp³-hybridized carbons (Fsp3) is 0.214. The van der Waals surface area contributed by atoms with Gasteiger partial charge in [-0.1, -0.05) is 48.0 Å². The number of H-pyrrole nitrogens is 1. The smallest absolute Gasteiger partial charge is 0.303 e. The Bertz CT molecular complexity index is 1370. The average Bonchev–Trinajstić information content (AvgIpc) is 3.15. The number of nitrogens with zero attached hydrogens (tertiary/aromatic N) is 2. The number of benzene rings is 3. The Morgan fingerprint density at radius 1 is 1.00 bits per heavy atom. The topological polar surface area (TPSA) is 88.9 Å². The zero-order valence-corrected chi connectivity index (χ0v) is 20.5. The third-order valence-electron chi connectivity index (χ3n) is 5.83. The van der Waals surface area contributed by atoms with E-state index in [1.54, 1.807) is 12.1 Å². The lowest BCUT2D eigenvalue weighted by Crippen LogP contribution is -2.14. The first kappa shape index (κ1) is 24.5. The standard InChI is InChI=1S/C28H28ClN3O3/c1-32(2)15-14-18-6-10-22(11-7-18)30-27(20-5-3-4-19(16-20)8-13-25(33)34)26-23-12-9-21(29)17-24(23)31-28(26)35/h3-7,9-12,16-17,31,35H,8,13-15H2,1-2H3,(H,33,34). The number of aromatic nitrogens is 1. The number of aliphatic imine (C=N–C) groups is 1. The lowest BCUT2D eigenvalue weighted by Gasteiger charge is -2.11. The average molecular weight is 490 g/mol. The summed E-state index contributed by atoms with van der Waals surface area (Å²) in [5.74, 6) is -0.843. The van der Waals surface area contributed by atoms with E-state index in [4.69, 9.17) is 21.7 Å². The number of halogens is 1. The summed E-state index contributed by atoms with van der Waals surface area (Å²) in [6.07, 6.45) is 1.40. The number of nitrogens with one attached hydrogen (secondary N) is 1. The Kier molecular flexibility index (Phi) is 7.54. The lowest BCUT2D eigenvalue weighted by molar-refractivity contribution is -0.136. The zero-order chi connectivity index (χ0) is 24.9. The van der Waals surface area contributed by atoms with Crippen LogP contribution in [0.1, 0.15) is 28.7 Å². The van der Waals surface area contributed by atoms with Gasteiger partial charge in [-0.15, -0.1) is 0 Å². The van der Waals surface area contributed by atoms with Gasteiger partial charge in [-0.05, 0) is 68.4 Å². The number of likely N-dealkylation sites (N-methyl/N-ethyl adjacent to an activating group) is 1. The van der Waals surface area contributed by atoms with Crippen LogP contribution in [0.15, 0.2) is 71.7 Å². The minimum Gasteiger partial charge on any atom is -0.494 e. The molecule has 0 unspecified atom stereocenters. The van der Waals surface area contributed by atoms with Crippen LogP contribution >= 0.6 is 11.6 Å². The number of fused-ring (bicyclic) bond motifs is 1. The number of aromatic hydroxyl groups is 1. The highest BCUT2D eigenvalue weighted by atomic mass is 35.5. The molecule has 0 aliphatic carbocycles. The first-order chi connectivity index (χ1) is 16.8. The Morgan fingerprint density at radius 2 is 1.77 bits per heavy atom. The number of carbonyl (C=O) groups is 1. The minimum absolute atomic E-state index is 0.000408. The van der Waals surface area contributed by atoms with Gasteiger partial charge in [-0.2, -0.15) is 0 Å². The normalized spacial score (nSPS) is 11.9. The van der Waals surface area contributed by atoms with Crippen LogP contribution in [0.2, 0.25) is 5.02 Å². The maximum absolute atomic E-state index is 11.1. The number of aromatic amines is 1. The summed E-state index contributed by atoms with van der Waals surface area (Å²) < 4.78 is 0. The van der Waals surface area contributed by atoms with Crippen LogP contribution in [0.4, 0.5) is 5.69 Å². The van der Waals surface area contributed by atoms with E-state index in [9.17, 15) is 9.90 Å². The van der Waals surface area contributed by atoms with Crippen molar-refractivity contribution < 1.29 is 15.0 Å². The van der Waals surface area contributed by atoms with Crippen LogP contribution < -0.4 is 0 Å². The molecule has 180 valence electrons. The molecule has 6 nitrogen and oxygen atoms in total. The molecule has 1 aromatic heterocycles. The SMILES string of the molecule is CN(C)CCc1ccc(N=C(c2cccc(CCC(=O)O)c2)c2c(O)[nH]c3cc(Cl)ccc23)cc1.